The first kappa shape index (κ1) is 19.5. The molecule has 0 bridgehead atoms. The van der Waals surface area contributed by atoms with Gasteiger partial charge in [0.15, 0.2) is 16.7 Å². The second kappa shape index (κ2) is 9.04. The number of methoxy groups -OCH3 is 2. The van der Waals surface area contributed by atoms with E-state index in [-0.39, 0.29) is 17.5 Å². The molecule has 1 heterocycles. The van der Waals surface area contributed by atoms with Gasteiger partial charge >= 0.3 is 5.97 Å². The number of nitrogens with one attached hydrogen (secondary N) is 1. The summed E-state index contributed by atoms with van der Waals surface area (Å²) < 4.78 is 10.7. The lowest BCUT2D eigenvalue weighted by molar-refractivity contribution is -0.138. The van der Waals surface area contributed by atoms with Gasteiger partial charge in [-0.25, -0.2) is 0 Å². The zero-order valence-electron chi connectivity index (χ0n) is 14.4. The van der Waals surface area contributed by atoms with Gasteiger partial charge in [0.25, 0.3) is 0 Å². The van der Waals surface area contributed by atoms with Crippen molar-refractivity contribution in [1.29, 1.82) is 0 Å². The summed E-state index contributed by atoms with van der Waals surface area (Å²) in [5.41, 5.74) is 1.63. The van der Waals surface area contributed by atoms with E-state index in [0.29, 0.717) is 17.9 Å². The predicted molar refractivity (Wildman–Crippen MR) is 100 cm³/mol. The molecule has 1 amide bonds. The fraction of sp³-hybridized carbons (Fsp3) is 0.294. The van der Waals surface area contributed by atoms with E-state index in [1.165, 1.54) is 6.21 Å². The molecule has 138 valence electrons. The van der Waals surface area contributed by atoms with Crippen molar-refractivity contribution in [2.45, 2.75) is 18.1 Å². The van der Waals surface area contributed by atoms with Crippen LogP contribution >= 0.6 is 11.8 Å². The van der Waals surface area contributed by atoms with Crippen LogP contribution in [-0.2, 0) is 16.0 Å². The molecule has 1 saturated heterocycles. The van der Waals surface area contributed by atoms with Crippen molar-refractivity contribution >= 4 is 35.0 Å². The highest BCUT2D eigenvalue weighted by Crippen LogP contribution is 2.32. The second-order valence-electron chi connectivity index (χ2n) is 5.25. The average molecular weight is 377 g/mol. The van der Waals surface area contributed by atoms with Crippen LogP contribution in [0.25, 0.3) is 0 Å². The molecule has 9 heteroatoms. The summed E-state index contributed by atoms with van der Waals surface area (Å²) >= 11 is 1.04. The molecule has 0 spiro atoms. The summed E-state index contributed by atoms with van der Waals surface area (Å²) in [7, 11) is 3.11. The topological polar surface area (TPSA) is 110 Å². The first-order valence-corrected chi connectivity index (χ1v) is 8.52. The summed E-state index contributed by atoms with van der Waals surface area (Å²) in [6, 6.07) is 3.63. The maximum atomic E-state index is 11.7. The number of rotatable bonds is 8. The number of ether oxygens (including phenoxy) is 2. The van der Waals surface area contributed by atoms with Crippen LogP contribution < -0.4 is 14.8 Å². The minimum absolute atomic E-state index is 0.264. The zero-order chi connectivity index (χ0) is 19.1. The Labute approximate surface area is 155 Å². The summed E-state index contributed by atoms with van der Waals surface area (Å²) in [6.45, 7) is 3.73. The van der Waals surface area contributed by atoms with Crippen LogP contribution in [0, 0.1) is 0 Å². The van der Waals surface area contributed by atoms with Gasteiger partial charge < -0.3 is 19.9 Å². The Kier molecular flexibility index (Phi) is 6.79. The molecule has 1 unspecified atom stereocenters. The molecule has 0 aromatic heterocycles. The molecule has 8 nitrogen and oxygen atoms in total. The second-order valence-corrected chi connectivity index (χ2v) is 6.44. The maximum Gasteiger partial charge on any atom is 0.305 e. The van der Waals surface area contributed by atoms with Gasteiger partial charge in [0.05, 0.1) is 26.9 Å². The van der Waals surface area contributed by atoms with Gasteiger partial charge in [-0.15, -0.1) is 11.7 Å². The van der Waals surface area contributed by atoms with E-state index in [1.54, 1.807) is 26.4 Å². The first-order chi connectivity index (χ1) is 12.5. The summed E-state index contributed by atoms with van der Waals surface area (Å²) in [5.74, 6) is -0.231. The van der Waals surface area contributed by atoms with Crippen molar-refractivity contribution in [3.05, 3.63) is 35.9 Å². The molecular formula is C17H19N3O5S. The fourth-order valence-electron chi connectivity index (χ4n) is 2.34. The zero-order valence-corrected chi connectivity index (χ0v) is 15.2. The predicted octanol–water partition coefficient (Wildman–Crippen LogP) is 1.83. The van der Waals surface area contributed by atoms with E-state index in [0.717, 1.165) is 22.9 Å². The number of carboxylic acid groups (broad SMARTS) is 1. The molecule has 1 aliphatic rings. The number of carbonyl (C=O) groups is 2. The lowest BCUT2D eigenvalue weighted by Gasteiger charge is -2.12. The Morgan fingerprint density at radius 3 is 2.81 bits per heavy atom. The molecule has 0 aliphatic carbocycles. The van der Waals surface area contributed by atoms with Crippen LogP contribution in [0.5, 0.6) is 11.5 Å². The standard InChI is InChI=1S/C17H19N3O5S/c1-4-5-11-6-10(7-12(24-2)15(11)25-3)9-18-20-17-19-16(23)13(26-17)8-14(21)22/h4,6-7,9,13H,1,5,8H2,2-3H3,(H,21,22)(H,19,20,23). The Bertz CT molecular complexity index is 776. The van der Waals surface area contributed by atoms with Crippen molar-refractivity contribution in [3.8, 4) is 11.5 Å². The third-order valence-corrected chi connectivity index (χ3v) is 4.51. The Balaban J connectivity index is 2.17. The van der Waals surface area contributed by atoms with Crippen molar-refractivity contribution in [1.82, 2.24) is 5.32 Å². The van der Waals surface area contributed by atoms with Gasteiger partial charge in [-0.1, -0.05) is 17.8 Å². The van der Waals surface area contributed by atoms with Gasteiger partial charge in [0.1, 0.15) is 5.25 Å². The quantitative estimate of drug-likeness (QED) is 0.406. The van der Waals surface area contributed by atoms with Crippen LogP contribution in [0.2, 0.25) is 0 Å². The fourth-order valence-corrected chi connectivity index (χ4v) is 3.26. The van der Waals surface area contributed by atoms with Crippen molar-refractivity contribution < 1.29 is 24.2 Å². The van der Waals surface area contributed by atoms with Gasteiger partial charge in [-0.3, -0.25) is 9.59 Å². The smallest absolute Gasteiger partial charge is 0.305 e. The summed E-state index contributed by atoms with van der Waals surface area (Å²) in [5, 5.41) is 18.7. The van der Waals surface area contributed by atoms with Crippen LogP contribution in [-0.4, -0.2) is 47.8 Å². The van der Waals surface area contributed by atoms with E-state index in [2.05, 4.69) is 22.1 Å². The molecule has 1 aromatic carbocycles. The lowest BCUT2D eigenvalue weighted by atomic mass is 10.1. The molecule has 2 rings (SSSR count). The third-order valence-electron chi connectivity index (χ3n) is 3.43. The number of amidine groups is 1. The highest BCUT2D eigenvalue weighted by molar-refractivity contribution is 8.15. The largest absolute Gasteiger partial charge is 0.493 e. The Morgan fingerprint density at radius 2 is 2.19 bits per heavy atom. The molecule has 0 radical (unpaired) electrons. The number of amides is 1. The molecule has 2 N–H and O–H groups in total. The maximum absolute atomic E-state index is 11.7. The Hall–Kier alpha value is -2.81. The summed E-state index contributed by atoms with van der Waals surface area (Å²) in [6.07, 6.45) is 3.60. The van der Waals surface area contributed by atoms with Crippen molar-refractivity contribution in [3.63, 3.8) is 0 Å². The number of nitrogens with zero attached hydrogens (tertiary/aromatic N) is 2. The summed E-state index contributed by atoms with van der Waals surface area (Å²) in [4.78, 5) is 22.4. The number of carboxylic acids is 1. The number of hydrogen-bond acceptors (Lipinski definition) is 7. The molecule has 26 heavy (non-hydrogen) atoms. The number of benzene rings is 1. The number of thioether (sulfide) groups is 1. The lowest BCUT2D eigenvalue weighted by Crippen LogP contribution is -2.26. The Morgan fingerprint density at radius 1 is 1.42 bits per heavy atom. The molecule has 1 atom stereocenters. The average Bonchev–Trinajstić information content (AvgIpc) is 2.93. The van der Waals surface area contributed by atoms with Gasteiger partial charge in [-0.05, 0) is 24.1 Å². The monoisotopic (exact) mass is 377 g/mol. The van der Waals surface area contributed by atoms with Crippen LogP contribution in [0.15, 0.2) is 35.0 Å². The highest BCUT2D eigenvalue weighted by atomic mass is 32.2. The highest BCUT2D eigenvalue weighted by Gasteiger charge is 2.32. The first-order valence-electron chi connectivity index (χ1n) is 7.64. The van der Waals surface area contributed by atoms with Crippen LogP contribution in [0.3, 0.4) is 0 Å². The molecule has 1 fully saturated rings. The molecule has 1 aromatic rings. The number of allylic oxidation sites excluding steroid dienone is 1. The van der Waals surface area contributed by atoms with Gasteiger partial charge in [-0.2, -0.15) is 5.10 Å². The van der Waals surface area contributed by atoms with Crippen molar-refractivity contribution in [2.24, 2.45) is 10.2 Å². The van der Waals surface area contributed by atoms with Gasteiger partial charge in [0, 0.05) is 5.56 Å². The number of carbonyl (C=O) groups excluding carboxylic acids is 1. The number of hydrogen-bond donors (Lipinski definition) is 2. The van der Waals surface area contributed by atoms with E-state index in [1.807, 2.05) is 6.07 Å². The SMILES string of the molecule is C=CCc1cc(C=NN=C2NC(=O)C(CC(=O)O)S2)cc(OC)c1OC. The van der Waals surface area contributed by atoms with Crippen molar-refractivity contribution in [2.75, 3.05) is 14.2 Å². The van der Waals surface area contributed by atoms with E-state index >= 15 is 0 Å². The van der Waals surface area contributed by atoms with E-state index < -0.39 is 11.2 Å². The molecule has 1 aliphatic heterocycles. The van der Waals surface area contributed by atoms with E-state index in [9.17, 15) is 9.59 Å². The van der Waals surface area contributed by atoms with E-state index in [4.69, 9.17) is 14.6 Å². The minimum atomic E-state index is -1.04. The number of aliphatic carboxylic acids is 1. The van der Waals surface area contributed by atoms with Crippen LogP contribution in [0.1, 0.15) is 17.5 Å². The van der Waals surface area contributed by atoms with Gasteiger partial charge in [0.2, 0.25) is 5.91 Å². The van der Waals surface area contributed by atoms with Crippen LogP contribution in [0.4, 0.5) is 0 Å². The minimum Gasteiger partial charge on any atom is -0.493 e. The molecule has 0 saturated carbocycles. The third kappa shape index (κ3) is 4.85. The molecular weight excluding hydrogens is 358 g/mol. The normalized spacial score (nSPS) is 18.2.